The summed E-state index contributed by atoms with van der Waals surface area (Å²) in [6.45, 7) is 0.637. The monoisotopic (exact) mass is 489 g/mol. The molecule has 0 aliphatic heterocycles. The first-order chi connectivity index (χ1) is 16.4. The number of aromatic nitrogens is 1. The predicted molar refractivity (Wildman–Crippen MR) is 144 cm³/mol. The number of nitrogens with one attached hydrogen (secondary N) is 2. The number of rotatable bonds is 7. The topological polar surface area (TPSA) is 66.3 Å². The second-order valence-corrected chi connectivity index (χ2v) is 9.63. The van der Waals surface area contributed by atoms with E-state index in [0.29, 0.717) is 11.6 Å². The first-order valence-electron chi connectivity index (χ1n) is 11.0. The highest BCUT2D eigenvalue weighted by Gasteiger charge is 2.15. The number of hydrogen-bond acceptors (Lipinski definition) is 4. The number of aliphatic carboxylic acids is 1. The zero-order valence-electron chi connectivity index (χ0n) is 18.9. The van der Waals surface area contributed by atoms with E-state index >= 15 is 0 Å². The van der Waals surface area contributed by atoms with Gasteiger partial charge in [0.05, 0.1) is 6.42 Å². The normalized spacial score (nSPS) is 11.3. The average molecular weight is 490 g/mol. The molecule has 5 rings (SSSR count). The van der Waals surface area contributed by atoms with Crippen LogP contribution in [0, 0.1) is 0 Å². The third kappa shape index (κ3) is 4.22. The molecule has 172 valence electrons. The average Bonchev–Trinajstić information content (AvgIpc) is 3.39. The molecule has 34 heavy (non-hydrogen) atoms. The third-order valence-electron chi connectivity index (χ3n) is 6.11. The van der Waals surface area contributed by atoms with Crippen LogP contribution in [0.3, 0.4) is 0 Å². The molecule has 3 N–H and O–H groups in total. The summed E-state index contributed by atoms with van der Waals surface area (Å²) in [7, 11) is 3.81. The van der Waals surface area contributed by atoms with E-state index in [0.717, 1.165) is 44.4 Å². The second-order valence-electron chi connectivity index (χ2n) is 8.29. The molecule has 0 radical (unpaired) electrons. The van der Waals surface area contributed by atoms with Crippen molar-refractivity contribution in [1.29, 1.82) is 0 Å². The lowest BCUT2D eigenvalue weighted by Gasteiger charge is -2.11. The molecule has 0 amide bonds. The van der Waals surface area contributed by atoms with Crippen molar-refractivity contribution in [1.82, 2.24) is 4.57 Å². The maximum absolute atomic E-state index is 11.5. The van der Waals surface area contributed by atoms with Gasteiger partial charge in [-0.1, -0.05) is 23.7 Å². The Morgan fingerprint density at radius 2 is 1.71 bits per heavy atom. The smallest absolute Gasteiger partial charge is 0.307 e. The molecule has 0 atom stereocenters. The van der Waals surface area contributed by atoms with Gasteiger partial charge in [0.15, 0.2) is 0 Å². The summed E-state index contributed by atoms with van der Waals surface area (Å²) in [5.74, 6) is -0.837. The maximum Gasteiger partial charge on any atom is 0.307 e. The van der Waals surface area contributed by atoms with Crippen molar-refractivity contribution < 1.29 is 9.90 Å². The van der Waals surface area contributed by atoms with Gasteiger partial charge < -0.3 is 20.3 Å². The highest BCUT2D eigenvalue weighted by molar-refractivity contribution is 7.17. The molecule has 5 aromatic rings. The summed E-state index contributed by atoms with van der Waals surface area (Å²) in [6.07, 6.45) is 1.96. The number of hydrogen-bond donors (Lipinski definition) is 3. The van der Waals surface area contributed by atoms with Crippen LogP contribution in [-0.2, 0) is 17.8 Å². The van der Waals surface area contributed by atoms with E-state index in [4.69, 9.17) is 11.6 Å². The van der Waals surface area contributed by atoms with Crippen molar-refractivity contribution in [2.24, 2.45) is 0 Å². The summed E-state index contributed by atoms with van der Waals surface area (Å²) >= 11 is 7.96. The van der Waals surface area contributed by atoms with Crippen LogP contribution in [0.25, 0.3) is 32.1 Å². The van der Waals surface area contributed by atoms with Gasteiger partial charge in [-0.3, -0.25) is 4.79 Å². The molecule has 2 aromatic heterocycles. The van der Waals surface area contributed by atoms with Crippen molar-refractivity contribution in [2.75, 3.05) is 24.7 Å². The number of thiophene rings is 1. The molecule has 0 unspecified atom stereocenters. The van der Waals surface area contributed by atoms with Crippen LogP contribution in [0.4, 0.5) is 11.4 Å². The molecule has 0 fully saturated rings. The number of carboxylic acids is 1. The molecule has 7 heteroatoms. The van der Waals surface area contributed by atoms with Gasteiger partial charge in [-0.05, 0) is 75.5 Å². The van der Waals surface area contributed by atoms with Gasteiger partial charge in [0, 0.05) is 58.8 Å². The minimum absolute atomic E-state index is 0.0157. The molecule has 2 heterocycles. The standard InChI is InChI=1S/C27H24ClN3O2S/c1-29-21-7-17(8-22(12-21)30-2)16-3-5-23-18(10-27(32)33)13-31(25(23)9-16)14-19-15-34-26-6-4-20(28)11-24(19)26/h3-9,11-13,15,29-30H,10,14H2,1-2H3,(H,32,33). The highest BCUT2D eigenvalue weighted by Crippen LogP contribution is 2.34. The van der Waals surface area contributed by atoms with Gasteiger partial charge in [-0.2, -0.15) is 0 Å². The largest absolute Gasteiger partial charge is 0.481 e. The quantitative estimate of drug-likeness (QED) is 0.232. The molecule has 0 aliphatic rings. The van der Waals surface area contributed by atoms with E-state index in [1.807, 2.05) is 44.6 Å². The van der Waals surface area contributed by atoms with Crippen LogP contribution in [0.5, 0.6) is 0 Å². The van der Waals surface area contributed by atoms with Crippen molar-refractivity contribution >= 4 is 61.3 Å². The molecule has 0 saturated heterocycles. The van der Waals surface area contributed by atoms with Crippen LogP contribution in [0.2, 0.25) is 5.02 Å². The molecule has 0 bridgehead atoms. The molecular weight excluding hydrogens is 466 g/mol. The molecule has 3 aromatic carbocycles. The SMILES string of the molecule is CNc1cc(NC)cc(-c2ccc3c(CC(=O)O)cn(Cc4csc5ccc(Cl)cc45)c3c2)c1. The zero-order valence-corrected chi connectivity index (χ0v) is 20.4. The fraction of sp³-hybridized carbons (Fsp3) is 0.148. The number of carboxylic acid groups (broad SMARTS) is 1. The number of benzene rings is 3. The Balaban J connectivity index is 1.65. The van der Waals surface area contributed by atoms with Crippen LogP contribution in [0.1, 0.15) is 11.1 Å². The van der Waals surface area contributed by atoms with E-state index in [2.05, 4.69) is 50.9 Å². The van der Waals surface area contributed by atoms with Crippen LogP contribution in [-0.4, -0.2) is 29.7 Å². The number of anilines is 2. The van der Waals surface area contributed by atoms with Crippen molar-refractivity contribution in [2.45, 2.75) is 13.0 Å². The number of halogens is 1. The van der Waals surface area contributed by atoms with Crippen LogP contribution < -0.4 is 10.6 Å². The van der Waals surface area contributed by atoms with Gasteiger partial charge >= 0.3 is 5.97 Å². The van der Waals surface area contributed by atoms with Gasteiger partial charge in [0.1, 0.15) is 0 Å². The lowest BCUT2D eigenvalue weighted by atomic mass is 10.0. The van der Waals surface area contributed by atoms with E-state index in [1.54, 1.807) is 11.3 Å². The van der Waals surface area contributed by atoms with Gasteiger partial charge in [-0.15, -0.1) is 11.3 Å². The third-order valence-corrected chi connectivity index (χ3v) is 7.35. The van der Waals surface area contributed by atoms with E-state index in [9.17, 15) is 9.90 Å². The van der Waals surface area contributed by atoms with Gasteiger partial charge in [-0.25, -0.2) is 0 Å². The molecule has 5 nitrogen and oxygen atoms in total. The molecule has 0 saturated carbocycles. The predicted octanol–water partition coefficient (Wildman–Crippen LogP) is 6.94. The summed E-state index contributed by atoms with van der Waals surface area (Å²) in [5.41, 5.74) is 7.18. The fourth-order valence-electron chi connectivity index (χ4n) is 4.43. The number of nitrogens with zero attached hydrogens (tertiary/aromatic N) is 1. The summed E-state index contributed by atoms with van der Waals surface area (Å²) in [6, 6.07) is 18.5. The highest BCUT2D eigenvalue weighted by atomic mass is 35.5. The Bertz CT molecular complexity index is 1510. The second kappa shape index (κ2) is 9.05. The Hall–Kier alpha value is -3.48. The minimum atomic E-state index is -0.837. The first kappa shape index (κ1) is 22.3. The van der Waals surface area contributed by atoms with Crippen LogP contribution >= 0.6 is 22.9 Å². The first-order valence-corrected chi connectivity index (χ1v) is 12.2. The maximum atomic E-state index is 11.5. The molecular formula is C27H24ClN3O2S. The van der Waals surface area contributed by atoms with E-state index in [1.165, 1.54) is 10.3 Å². The van der Waals surface area contributed by atoms with E-state index in [-0.39, 0.29) is 6.42 Å². The zero-order chi connectivity index (χ0) is 23.8. The number of carbonyl (C=O) groups is 1. The summed E-state index contributed by atoms with van der Waals surface area (Å²) in [4.78, 5) is 11.5. The van der Waals surface area contributed by atoms with Gasteiger partial charge in [0.25, 0.3) is 0 Å². The van der Waals surface area contributed by atoms with Gasteiger partial charge in [0.2, 0.25) is 0 Å². The molecule has 0 aliphatic carbocycles. The lowest BCUT2D eigenvalue weighted by molar-refractivity contribution is -0.136. The van der Waals surface area contributed by atoms with Crippen molar-refractivity contribution in [3.05, 3.63) is 82.3 Å². The number of fused-ring (bicyclic) bond motifs is 2. The van der Waals surface area contributed by atoms with E-state index < -0.39 is 5.97 Å². The Morgan fingerprint density at radius 1 is 0.941 bits per heavy atom. The van der Waals surface area contributed by atoms with Crippen LogP contribution in [0.15, 0.2) is 66.2 Å². The summed E-state index contributed by atoms with van der Waals surface area (Å²) in [5, 5.41) is 20.9. The van der Waals surface area contributed by atoms with Crippen molar-refractivity contribution in [3.63, 3.8) is 0 Å². The Morgan fingerprint density at radius 3 is 2.41 bits per heavy atom. The summed E-state index contributed by atoms with van der Waals surface area (Å²) < 4.78 is 3.34. The van der Waals surface area contributed by atoms with Crippen molar-refractivity contribution in [3.8, 4) is 11.1 Å². The molecule has 0 spiro atoms. The lowest BCUT2D eigenvalue weighted by Crippen LogP contribution is -2.00. The Labute approximate surface area is 206 Å². The Kier molecular flexibility index (Phi) is 5.94. The fourth-order valence-corrected chi connectivity index (χ4v) is 5.53. The minimum Gasteiger partial charge on any atom is -0.481 e.